The number of ether oxygens (including phenoxy) is 1. The molecule has 19 heteroatoms. The summed E-state index contributed by atoms with van der Waals surface area (Å²) in [6, 6.07) is 7.11. The molecule has 1 aromatic heterocycles. The van der Waals surface area contributed by atoms with Crippen LogP contribution in [0.15, 0.2) is 36.4 Å². The number of benzene rings is 1. The van der Waals surface area contributed by atoms with E-state index in [0.717, 1.165) is 9.80 Å². The standard InChI is InChI=1S/C30H36F3N7O9/c1-18(27(45)39-11-5-8-22(39)26(44)34-17-30(31,32)33)49-23-16-21(36-40(23)19-6-3-2-4-7-19)25(43)35-20(9-10-24(41)42)28(46)37-12-14-38(15-13-37)29(47)48/h2-4,6-7,16,18,20,22H,5,8-15,17H2,1H3,(H,34,44)(H,35,43)(H,41,42)(H,47,48)/t18-,20?,22-/m0/s1. The van der Waals surface area contributed by atoms with E-state index in [4.69, 9.17) is 4.74 Å². The van der Waals surface area contributed by atoms with Gasteiger partial charge in [-0.05, 0) is 38.3 Å². The van der Waals surface area contributed by atoms with Crippen LogP contribution in [0.25, 0.3) is 5.69 Å². The summed E-state index contributed by atoms with van der Waals surface area (Å²) >= 11 is 0. The Morgan fingerprint density at radius 3 is 2.24 bits per heavy atom. The summed E-state index contributed by atoms with van der Waals surface area (Å²) in [6.45, 7) is 0.101. The number of likely N-dealkylation sites (tertiary alicyclic amines) is 1. The maximum Gasteiger partial charge on any atom is 0.407 e. The molecule has 2 fully saturated rings. The van der Waals surface area contributed by atoms with E-state index < -0.39 is 73.0 Å². The lowest BCUT2D eigenvalue weighted by atomic mass is 10.1. The average molecular weight is 696 g/mol. The van der Waals surface area contributed by atoms with Gasteiger partial charge in [-0.1, -0.05) is 18.2 Å². The van der Waals surface area contributed by atoms with Crippen molar-refractivity contribution in [3.8, 4) is 11.6 Å². The van der Waals surface area contributed by atoms with Crippen LogP contribution < -0.4 is 15.4 Å². The fraction of sp³-hybridized carbons (Fsp3) is 0.500. The Hall–Kier alpha value is -5.36. The Bertz CT molecular complexity index is 1540. The van der Waals surface area contributed by atoms with E-state index in [0.29, 0.717) is 12.1 Å². The van der Waals surface area contributed by atoms with E-state index in [-0.39, 0.29) is 57.1 Å². The first kappa shape index (κ1) is 36.5. The number of piperazine rings is 1. The van der Waals surface area contributed by atoms with Gasteiger partial charge in [0.15, 0.2) is 11.8 Å². The van der Waals surface area contributed by atoms with Gasteiger partial charge in [0.2, 0.25) is 17.7 Å². The molecule has 16 nitrogen and oxygen atoms in total. The summed E-state index contributed by atoms with van der Waals surface area (Å²) in [7, 11) is 0. The van der Waals surface area contributed by atoms with Gasteiger partial charge in [0.1, 0.15) is 18.6 Å². The molecule has 2 saturated heterocycles. The van der Waals surface area contributed by atoms with Gasteiger partial charge in [-0.25, -0.2) is 9.48 Å². The summed E-state index contributed by atoms with van der Waals surface area (Å²) in [5, 5.41) is 27.1. The number of amides is 5. The van der Waals surface area contributed by atoms with Gasteiger partial charge in [-0.15, -0.1) is 0 Å². The summed E-state index contributed by atoms with van der Waals surface area (Å²) in [5.41, 5.74) is 0.157. The van der Waals surface area contributed by atoms with Gasteiger partial charge >= 0.3 is 18.2 Å². The van der Waals surface area contributed by atoms with Crippen molar-refractivity contribution in [3.63, 3.8) is 0 Å². The normalized spacial score (nSPS) is 17.6. The van der Waals surface area contributed by atoms with Crippen LogP contribution in [0.3, 0.4) is 0 Å². The van der Waals surface area contributed by atoms with Crippen LogP contribution in [0.4, 0.5) is 18.0 Å². The van der Waals surface area contributed by atoms with E-state index in [1.165, 1.54) is 22.6 Å². The van der Waals surface area contributed by atoms with Gasteiger partial charge in [0.05, 0.1) is 5.69 Å². The zero-order chi connectivity index (χ0) is 35.9. The molecule has 0 bridgehead atoms. The number of carboxylic acid groups (broad SMARTS) is 2. The first-order valence-electron chi connectivity index (χ1n) is 15.4. The number of nitrogens with zero attached hydrogens (tertiary/aromatic N) is 5. The minimum atomic E-state index is -4.62. The molecule has 3 atom stereocenters. The van der Waals surface area contributed by atoms with E-state index in [9.17, 15) is 52.2 Å². The molecule has 4 N–H and O–H groups in total. The molecule has 1 unspecified atom stereocenters. The van der Waals surface area contributed by atoms with Crippen LogP contribution in [0, 0.1) is 0 Å². The lowest BCUT2D eigenvalue weighted by Gasteiger charge is -2.35. The number of nitrogens with one attached hydrogen (secondary N) is 2. The Kier molecular flexibility index (Phi) is 11.7. The number of hydrogen-bond acceptors (Lipinski definition) is 8. The SMILES string of the molecule is C[C@H](Oc1cc(C(=O)NC(CCC(=O)O)C(=O)N2CCN(C(=O)O)CC2)nn1-c1ccccc1)C(=O)N1CCC[C@H]1C(=O)NCC(F)(F)F. The van der Waals surface area contributed by atoms with Crippen LogP contribution in [-0.4, -0.2) is 134 Å². The van der Waals surface area contributed by atoms with Crippen molar-refractivity contribution < 1.29 is 56.9 Å². The Morgan fingerprint density at radius 1 is 0.980 bits per heavy atom. The summed E-state index contributed by atoms with van der Waals surface area (Å²) in [5.74, 6) is -4.39. The minimum absolute atomic E-state index is 0.0379. The summed E-state index contributed by atoms with van der Waals surface area (Å²) < 4.78 is 45.1. The quantitative estimate of drug-likeness (QED) is 0.249. The highest BCUT2D eigenvalue weighted by molar-refractivity contribution is 5.96. The van der Waals surface area contributed by atoms with Crippen LogP contribution in [0.5, 0.6) is 5.88 Å². The van der Waals surface area contributed by atoms with Crippen LogP contribution >= 0.6 is 0 Å². The first-order valence-corrected chi connectivity index (χ1v) is 15.4. The van der Waals surface area contributed by atoms with E-state index in [1.807, 2.05) is 5.32 Å². The molecule has 2 aliphatic heterocycles. The highest BCUT2D eigenvalue weighted by Gasteiger charge is 2.39. The maximum absolute atomic E-state index is 13.5. The number of hydrogen-bond donors (Lipinski definition) is 4. The number of aromatic nitrogens is 2. The molecule has 266 valence electrons. The Balaban J connectivity index is 1.52. The second-order valence-electron chi connectivity index (χ2n) is 11.5. The second kappa shape index (κ2) is 15.7. The largest absolute Gasteiger partial charge is 0.481 e. The number of carbonyl (C=O) groups is 6. The number of carboxylic acids is 1. The summed E-state index contributed by atoms with van der Waals surface area (Å²) in [6.07, 6.45) is -7.22. The number of rotatable bonds is 12. The third-order valence-corrected chi connectivity index (χ3v) is 7.97. The molecule has 5 amide bonds. The Morgan fingerprint density at radius 2 is 1.63 bits per heavy atom. The maximum atomic E-state index is 13.5. The van der Waals surface area contributed by atoms with E-state index in [2.05, 4.69) is 10.4 Å². The molecule has 0 spiro atoms. The van der Waals surface area contributed by atoms with Gasteiger partial charge in [-0.3, -0.25) is 24.0 Å². The topological polar surface area (TPSA) is 204 Å². The Labute approximate surface area is 277 Å². The number of halogens is 3. The predicted molar refractivity (Wildman–Crippen MR) is 162 cm³/mol. The zero-order valence-electron chi connectivity index (χ0n) is 26.4. The minimum Gasteiger partial charge on any atom is -0.481 e. The third kappa shape index (κ3) is 9.60. The zero-order valence-corrected chi connectivity index (χ0v) is 26.4. The van der Waals surface area contributed by atoms with E-state index in [1.54, 1.807) is 30.3 Å². The fourth-order valence-electron chi connectivity index (χ4n) is 5.48. The van der Waals surface area contributed by atoms with Crippen molar-refractivity contribution in [1.82, 2.24) is 35.1 Å². The van der Waals surface area contributed by atoms with Gasteiger partial charge in [-0.2, -0.15) is 18.3 Å². The van der Waals surface area contributed by atoms with Crippen molar-refractivity contribution in [3.05, 3.63) is 42.1 Å². The number of aliphatic carboxylic acids is 1. The first-order chi connectivity index (χ1) is 23.1. The molecular formula is C30H36F3N7O9. The second-order valence-corrected chi connectivity index (χ2v) is 11.5. The molecule has 3 heterocycles. The fourth-order valence-corrected chi connectivity index (χ4v) is 5.48. The average Bonchev–Trinajstić information content (AvgIpc) is 3.73. The van der Waals surface area contributed by atoms with Gasteiger partial charge in [0.25, 0.3) is 11.8 Å². The van der Waals surface area contributed by atoms with E-state index >= 15 is 0 Å². The molecule has 2 aromatic rings. The molecule has 0 radical (unpaired) electrons. The van der Waals surface area contributed by atoms with Gasteiger partial charge in [0, 0.05) is 45.2 Å². The van der Waals surface area contributed by atoms with Crippen molar-refractivity contribution >= 4 is 35.7 Å². The monoisotopic (exact) mass is 695 g/mol. The van der Waals surface area contributed by atoms with Crippen LogP contribution in [0.2, 0.25) is 0 Å². The number of alkyl halides is 3. The molecule has 2 aliphatic rings. The molecule has 0 saturated carbocycles. The molecule has 49 heavy (non-hydrogen) atoms. The number of para-hydroxylation sites is 1. The highest BCUT2D eigenvalue weighted by atomic mass is 19.4. The van der Waals surface area contributed by atoms with Crippen molar-refractivity contribution in [2.45, 2.75) is 57.0 Å². The van der Waals surface area contributed by atoms with Crippen molar-refractivity contribution in [2.75, 3.05) is 39.3 Å². The summed E-state index contributed by atoms with van der Waals surface area (Å²) in [4.78, 5) is 78.8. The van der Waals surface area contributed by atoms with Crippen molar-refractivity contribution in [1.29, 1.82) is 0 Å². The lowest BCUT2D eigenvalue weighted by molar-refractivity contribution is -0.147. The molecule has 1 aromatic carbocycles. The highest BCUT2D eigenvalue weighted by Crippen LogP contribution is 2.24. The molecular weight excluding hydrogens is 659 g/mol. The van der Waals surface area contributed by atoms with Gasteiger partial charge < -0.3 is 40.3 Å². The molecule has 0 aliphatic carbocycles. The van der Waals surface area contributed by atoms with Crippen LogP contribution in [-0.2, 0) is 19.2 Å². The van der Waals surface area contributed by atoms with Crippen LogP contribution in [0.1, 0.15) is 43.1 Å². The lowest BCUT2D eigenvalue weighted by Crippen LogP contribution is -2.55. The van der Waals surface area contributed by atoms with Crippen molar-refractivity contribution in [2.24, 2.45) is 0 Å². The molecule has 4 rings (SSSR count). The smallest absolute Gasteiger partial charge is 0.407 e. The third-order valence-electron chi connectivity index (χ3n) is 7.97. The number of carbonyl (C=O) groups excluding carboxylic acids is 4. The predicted octanol–water partition coefficient (Wildman–Crippen LogP) is 1.09.